The van der Waals surface area contributed by atoms with Crippen molar-refractivity contribution in [2.75, 3.05) is 5.73 Å². The highest BCUT2D eigenvalue weighted by Crippen LogP contribution is 2.26. The van der Waals surface area contributed by atoms with Crippen LogP contribution >= 0.6 is 23.4 Å². The van der Waals surface area contributed by atoms with Gasteiger partial charge < -0.3 is 5.73 Å². The van der Waals surface area contributed by atoms with Crippen LogP contribution < -0.4 is 5.73 Å². The third-order valence-electron chi connectivity index (χ3n) is 2.51. The molecule has 1 aromatic carbocycles. The number of thioether (sulfide) groups is 1. The summed E-state index contributed by atoms with van der Waals surface area (Å²) < 4.78 is 0. The fourth-order valence-electron chi connectivity index (χ4n) is 1.10. The quantitative estimate of drug-likeness (QED) is 0.803. The fraction of sp³-hybridized carbons (Fsp3) is 0.500. The summed E-state index contributed by atoms with van der Waals surface area (Å²) in [6, 6.07) is 5.87. The van der Waals surface area contributed by atoms with Crippen molar-refractivity contribution in [2.24, 2.45) is 5.92 Å². The molecule has 0 aromatic heterocycles. The lowest BCUT2D eigenvalue weighted by Gasteiger charge is -2.15. The Morgan fingerprint density at radius 3 is 2.53 bits per heavy atom. The van der Waals surface area contributed by atoms with Crippen LogP contribution in [-0.4, -0.2) is 5.25 Å². The van der Waals surface area contributed by atoms with E-state index in [-0.39, 0.29) is 0 Å². The van der Waals surface area contributed by atoms with Crippen LogP contribution in [0.25, 0.3) is 0 Å². The molecule has 84 valence electrons. The summed E-state index contributed by atoms with van der Waals surface area (Å²) in [5.74, 6) is 1.71. The molecule has 0 aliphatic carbocycles. The van der Waals surface area contributed by atoms with Gasteiger partial charge in [-0.25, -0.2) is 0 Å². The van der Waals surface area contributed by atoms with Gasteiger partial charge in [0, 0.05) is 11.0 Å². The highest BCUT2D eigenvalue weighted by atomic mass is 35.5. The number of halogens is 1. The number of nitrogens with two attached hydrogens (primary N) is 1. The average Bonchev–Trinajstić information content (AvgIpc) is 2.19. The maximum atomic E-state index is 5.86. The lowest BCUT2D eigenvalue weighted by Crippen LogP contribution is -2.05. The largest absolute Gasteiger partial charge is 0.398 e. The lowest BCUT2D eigenvalue weighted by molar-refractivity contribution is 0.642. The Labute approximate surface area is 101 Å². The predicted octanol–water partition coefficient (Wildman–Crippen LogP) is 4.20. The van der Waals surface area contributed by atoms with Crippen LogP contribution in [0.4, 0.5) is 5.69 Å². The van der Waals surface area contributed by atoms with Gasteiger partial charge in [-0.2, -0.15) is 11.8 Å². The molecule has 2 N–H and O–H groups in total. The van der Waals surface area contributed by atoms with Crippen LogP contribution in [0.15, 0.2) is 18.2 Å². The van der Waals surface area contributed by atoms with E-state index in [0.717, 1.165) is 5.75 Å². The molecular formula is C12H18ClNS. The van der Waals surface area contributed by atoms with Crippen LogP contribution in [-0.2, 0) is 5.75 Å². The van der Waals surface area contributed by atoms with Crippen LogP contribution in [0.3, 0.4) is 0 Å². The Hall–Kier alpha value is -0.340. The van der Waals surface area contributed by atoms with Crippen LogP contribution in [0.5, 0.6) is 0 Å². The Balaban J connectivity index is 2.55. The molecular weight excluding hydrogens is 226 g/mol. The lowest BCUT2D eigenvalue weighted by atomic mass is 10.2. The molecule has 0 spiro atoms. The first-order valence-electron chi connectivity index (χ1n) is 5.16. The van der Waals surface area contributed by atoms with E-state index in [1.54, 1.807) is 0 Å². The van der Waals surface area contributed by atoms with Crippen molar-refractivity contribution < 1.29 is 0 Å². The first kappa shape index (κ1) is 12.7. The molecule has 0 aliphatic rings. The molecule has 1 rings (SSSR count). The molecule has 0 saturated carbocycles. The molecule has 1 unspecified atom stereocenters. The Kier molecular flexibility index (Phi) is 4.81. The number of anilines is 1. The number of hydrogen-bond acceptors (Lipinski definition) is 2. The van der Waals surface area contributed by atoms with Gasteiger partial charge >= 0.3 is 0 Å². The molecule has 0 heterocycles. The van der Waals surface area contributed by atoms with Gasteiger partial charge in [0.25, 0.3) is 0 Å². The maximum Gasteiger partial charge on any atom is 0.0635 e. The van der Waals surface area contributed by atoms with E-state index in [1.165, 1.54) is 5.56 Å². The normalized spacial score (nSPS) is 13.1. The van der Waals surface area contributed by atoms with Gasteiger partial charge in [0.1, 0.15) is 0 Å². The van der Waals surface area contributed by atoms with Gasteiger partial charge in [0.15, 0.2) is 0 Å². The summed E-state index contributed by atoms with van der Waals surface area (Å²) in [6.07, 6.45) is 0. The van der Waals surface area contributed by atoms with E-state index in [9.17, 15) is 0 Å². The second-order valence-electron chi connectivity index (χ2n) is 4.12. The SMILES string of the molecule is CC(C)C(C)SCc1ccc(Cl)c(N)c1. The zero-order chi connectivity index (χ0) is 11.4. The van der Waals surface area contributed by atoms with Crippen LogP contribution in [0.2, 0.25) is 5.02 Å². The Morgan fingerprint density at radius 1 is 1.33 bits per heavy atom. The molecule has 15 heavy (non-hydrogen) atoms. The van der Waals surface area contributed by atoms with Crippen LogP contribution in [0, 0.1) is 5.92 Å². The highest BCUT2D eigenvalue weighted by Gasteiger charge is 2.07. The van der Waals surface area contributed by atoms with Crippen molar-refractivity contribution in [1.82, 2.24) is 0 Å². The van der Waals surface area contributed by atoms with E-state index >= 15 is 0 Å². The molecule has 0 aliphatic heterocycles. The summed E-state index contributed by atoms with van der Waals surface area (Å²) in [6.45, 7) is 6.75. The Bertz CT molecular complexity index is 325. The number of benzene rings is 1. The molecule has 1 nitrogen and oxygen atoms in total. The molecule has 3 heteroatoms. The van der Waals surface area contributed by atoms with Gasteiger partial charge in [-0.1, -0.05) is 38.4 Å². The minimum atomic E-state index is 0.639. The maximum absolute atomic E-state index is 5.86. The highest BCUT2D eigenvalue weighted by molar-refractivity contribution is 7.99. The van der Waals surface area contributed by atoms with E-state index in [0.29, 0.717) is 21.9 Å². The number of rotatable bonds is 4. The number of nitrogen functional groups attached to an aromatic ring is 1. The minimum absolute atomic E-state index is 0.639. The predicted molar refractivity (Wildman–Crippen MR) is 71.5 cm³/mol. The smallest absolute Gasteiger partial charge is 0.0635 e. The van der Waals surface area contributed by atoms with Crippen molar-refractivity contribution in [3.63, 3.8) is 0 Å². The number of hydrogen-bond donors (Lipinski definition) is 1. The monoisotopic (exact) mass is 243 g/mol. The fourth-order valence-corrected chi connectivity index (χ4v) is 2.24. The molecule has 1 atom stereocenters. The van der Waals surface area contributed by atoms with Crippen molar-refractivity contribution in [3.8, 4) is 0 Å². The second kappa shape index (κ2) is 5.66. The van der Waals surface area contributed by atoms with E-state index in [1.807, 2.05) is 30.0 Å². The van der Waals surface area contributed by atoms with Gasteiger partial charge in [-0.05, 0) is 23.6 Å². The van der Waals surface area contributed by atoms with Crippen molar-refractivity contribution in [3.05, 3.63) is 28.8 Å². The standard InChI is InChI=1S/C12H18ClNS/c1-8(2)9(3)15-7-10-4-5-11(13)12(14)6-10/h4-6,8-9H,7,14H2,1-3H3. The van der Waals surface area contributed by atoms with Crippen LogP contribution in [0.1, 0.15) is 26.3 Å². The van der Waals surface area contributed by atoms with Gasteiger partial charge in [-0.15, -0.1) is 0 Å². The van der Waals surface area contributed by atoms with E-state index < -0.39 is 0 Å². The average molecular weight is 244 g/mol. The summed E-state index contributed by atoms with van der Waals surface area (Å²) in [5, 5.41) is 1.31. The second-order valence-corrected chi connectivity index (χ2v) is 5.89. The summed E-state index contributed by atoms with van der Waals surface area (Å²) in [5.41, 5.74) is 7.66. The van der Waals surface area contributed by atoms with Crippen molar-refractivity contribution in [2.45, 2.75) is 31.8 Å². The topological polar surface area (TPSA) is 26.0 Å². The third-order valence-corrected chi connectivity index (χ3v) is 4.43. The van der Waals surface area contributed by atoms with E-state index in [4.69, 9.17) is 17.3 Å². The summed E-state index contributed by atoms with van der Waals surface area (Å²) in [7, 11) is 0. The molecule has 0 saturated heterocycles. The van der Waals surface area contributed by atoms with Gasteiger partial charge in [0.2, 0.25) is 0 Å². The first-order valence-corrected chi connectivity index (χ1v) is 6.59. The zero-order valence-electron chi connectivity index (χ0n) is 9.46. The van der Waals surface area contributed by atoms with E-state index in [2.05, 4.69) is 20.8 Å². The molecule has 0 fully saturated rings. The van der Waals surface area contributed by atoms with Crippen molar-refractivity contribution >= 4 is 29.1 Å². The molecule has 0 amide bonds. The van der Waals surface area contributed by atoms with Crippen molar-refractivity contribution in [1.29, 1.82) is 0 Å². The van der Waals surface area contributed by atoms with Gasteiger partial charge in [0.05, 0.1) is 10.7 Å². The van der Waals surface area contributed by atoms with Gasteiger partial charge in [-0.3, -0.25) is 0 Å². The molecule has 0 radical (unpaired) electrons. The third kappa shape index (κ3) is 3.96. The minimum Gasteiger partial charge on any atom is -0.398 e. The summed E-state index contributed by atoms with van der Waals surface area (Å²) in [4.78, 5) is 0. The Morgan fingerprint density at radius 2 is 2.00 bits per heavy atom. The summed E-state index contributed by atoms with van der Waals surface area (Å²) >= 11 is 7.82. The zero-order valence-corrected chi connectivity index (χ0v) is 11.0. The molecule has 1 aromatic rings. The first-order chi connectivity index (χ1) is 7.00. The molecule has 0 bridgehead atoms.